The number of ether oxygens (including phenoxy) is 4. The van der Waals surface area contributed by atoms with Gasteiger partial charge in [-0.2, -0.15) is 0 Å². The van der Waals surface area contributed by atoms with Crippen LogP contribution in [-0.4, -0.2) is 76.9 Å². The number of methoxy groups -OCH3 is 1. The molecule has 0 unspecified atom stereocenters. The van der Waals surface area contributed by atoms with Gasteiger partial charge in [-0.1, -0.05) is 12.1 Å². The number of hydrogen-bond acceptors (Lipinski definition) is 9. The monoisotopic (exact) mass is 506 g/mol. The number of anilines is 1. The van der Waals surface area contributed by atoms with Crippen LogP contribution in [0.15, 0.2) is 41.3 Å². The van der Waals surface area contributed by atoms with Crippen LogP contribution in [0.4, 0.5) is 5.69 Å². The second kappa shape index (κ2) is 10.4. The number of fused-ring (bicyclic) bond motifs is 3. The fourth-order valence-corrected chi connectivity index (χ4v) is 4.90. The van der Waals surface area contributed by atoms with Crippen LogP contribution in [0.5, 0.6) is 5.75 Å². The number of pyridine rings is 1. The van der Waals surface area contributed by atoms with Crippen molar-refractivity contribution in [2.24, 2.45) is 0 Å². The fourth-order valence-electron chi connectivity index (χ4n) is 4.90. The van der Waals surface area contributed by atoms with Crippen molar-refractivity contribution in [3.05, 3.63) is 58.4 Å². The molecular weight excluding hydrogens is 476 g/mol. The average molecular weight is 507 g/mol. The molecule has 6 rings (SSSR count). The highest BCUT2D eigenvalue weighted by Gasteiger charge is 2.22. The maximum Gasteiger partial charge on any atom is 0.336 e. The third kappa shape index (κ3) is 4.77. The highest BCUT2D eigenvalue weighted by Crippen LogP contribution is 2.24. The van der Waals surface area contributed by atoms with Gasteiger partial charge in [0, 0.05) is 26.3 Å². The van der Waals surface area contributed by atoms with Crippen molar-refractivity contribution in [1.82, 2.24) is 24.1 Å². The Morgan fingerprint density at radius 2 is 1.78 bits per heavy atom. The Morgan fingerprint density at radius 1 is 1.03 bits per heavy atom. The minimum absolute atomic E-state index is 0.0808. The van der Waals surface area contributed by atoms with Gasteiger partial charge in [0.05, 0.1) is 50.4 Å². The van der Waals surface area contributed by atoms with E-state index in [4.69, 9.17) is 23.9 Å². The first-order valence-electron chi connectivity index (χ1n) is 12.6. The summed E-state index contributed by atoms with van der Waals surface area (Å²) in [7, 11) is 1.63. The zero-order valence-corrected chi connectivity index (χ0v) is 20.8. The normalized spacial score (nSPS) is 17.1. The van der Waals surface area contributed by atoms with E-state index in [2.05, 4.69) is 15.1 Å². The summed E-state index contributed by atoms with van der Waals surface area (Å²) in [5, 5.41) is 8.70. The molecule has 5 heterocycles. The molecule has 0 spiro atoms. The highest BCUT2D eigenvalue weighted by atomic mass is 16.5. The molecule has 0 aliphatic carbocycles. The summed E-state index contributed by atoms with van der Waals surface area (Å²) in [4.78, 5) is 21.0. The number of morpholine rings is 1. The zero-order valence-electron chi connectivity index (χ0n) is 20.8. The summed E-state index contributed by atoms with van der Waals surface area (Å²) in [6.07, 6.45) is 3.57. The van der Waals surface area contributed by atoms with Crippen molar-refractivity contribution in [1.29, 1.82) is 0 Å². The minimum atomic E-state index is -0.227. The van der Waals surface area contributed by atoms with Crippen LogP contribution in [0.25, 0.3) is 16.7 Å². The number of nitrogens with zero attached hydrogens (tertiary/aromatic N) is 6. The van der Waals surface area contributed by atoms with Crippen molar-refractivity contribution >= 4 is 22.4 Å². The van der Waals surface area contributed by atoms with E-state index in [-0.39, 0.29) is 18.4 Å². The highest BCUT2D eigenvalue weighted by molar-refractivity contribution is 5.89. The van der Waals surface area contributed by atoms with Gasteiger partial charge in [0.2, 0.25) is 0 Å². The molecule has 1 aromatic carbocycles. The van der Waals surface area contributed by atoms with E-state index in [0.717, 1.165) is 42.9 Å². The molecule has 2 aliphatic heterocycles. The molecule has 2 saturated heterocycles. The Balaban J connectivity index is 1.44. The van der Waals surface area contributed by atoms with Crippen molar-refractivity contribution in [2.75, 3.05) is 51.5 Å². The Labute approximate surface area is 213 Å². The van der Waals surface area contributed by atoms with Crippen LogP contribution in [0.3, 0.4) is 0 Å². The predicted octanol–water partition coefficient (Wildman–Crippen LogP) is 2.03. The van der Waals surface area contributed by atoms with Crippen LogP contribution >= 0.6 is 0 Å². The molecule has 194 valence electrons. The van der Waals surface area contributed by atoms with Gasteiger partial charge in [0.25, 0.3) is 0 Å². The Hall–Kier alpha value is -3.54. The predicted molar refractivity (Wildman–Crippen MR) is 136 cm³/mol. The number of benzene rings is 1. The molecule has 3 aromatic heterocycles. The molecule has 0 saturated carbocycles. The smallest absolute Gasteiger partial charge is 0.336 e. The van der Waals surface area contributed by atoms with Gasteiger partial charge in [-0.05, 0) is 36.6 Å². The maximum absolute atomic E-state index is 14.0. The molecule has 4 aromatic rings. The van der Waals surface area contributed by atoms with E-state index in [0.29, 0.717) is 55.5 Å². The maximum atomic E-state index is 14.0. The number of aromatic nitrogens is 5. The third-order valence-corrected chi connectivity index (χ3v) is 7.00. The lowest BCUT2D eigenvalue weighted by Crippen LogP contribution is -2.36. The SMILES string of the molecule is COc1ccc(Cn2c(=O)n3c(COC4CCOCC4)nnc3c3ncc(N4CCOCC4)cc32)cc1. The zero-order chi connectivity index (χ0) is 25.2. The van der Waals surface area contributed by atoms with E-state index in [1.807, 2.05) is 36.5 Å². The first-order valence-corrected chi connectivity index (χ1v) is 12.6. The molecule has 37 heavy (non-hydrogen) atoms. The molecule has 0 atom stereocenters. The van der Waals surface area contributed by atoms with Gasteiger partial charge in [0.15, 0.2) is 11.5 Å². The average Bonchev–Trinajstić information content (AvgIpc) is 3.39. The molecule has 0 bridgehead atoms. The summed E-state index contributed by atoms with van der Waals surface area (Å²) in [6, 6.07) is 9.73. The summed E-state index contributed by atoms with van der Waals surface area (Å²) < 4.78 is 25.6. The second-order valence-corrected chi connectivity index (χ2v) is 9.28. The van der Waals surface area contributed by atoms with E-state index >= 15 is 0 Å². The van der Waals surface area contributed by atoms with Gasteiger partial charge in [-0.15, -0.1) is 10.2 Å². The van der Waals surface area contributed by atoms with Crippen LogP contribution in [0.1, 0.15) is 24.2 Å². The van der Waals surface area contributed by atoms with Crippen LogP contribution in [0.2, 0.25) is 0 Å². The molecule has 11 nitrogen and oxygen atoms in total. The van der Waals surface area contributed by atoms with Crippen molar-refractivity contribution in [3.63, 3.8) is 0 Å². The summed E-state index contributed by atoms with van der Waals surface area (Å²) in [5.41, 5.74) is 3.45. The molecule has 11 heteroatoms. The number of rotatable bonds is 7. The lowest BCUT2D eigenvalue weighted by atomic mass is 10.2. The molecule has 2 aliphatic rings. The van der Waals surface area contributed by atoms with Crippen LogP contribution < -0.4 is 15.3 Å². The number of hydrogen-bond donors (Lipinski definition) is 0. The van der Waals surface area contributed by atoms with E-state index in [9.17, 15) is 4.79 Å². The second-order valence-electron chi connectivity index (χ2n) is 9.28. The van der Waals surface area contributed by atoms with Gasteiger partial charge in [-0.3, -0.25) is 4.57 Å². The molecular formula is C26H30N6O5. The Bertz CT molecular complexity index is 1440. The largest absolute Gasteiger partial charge is 0.497 e. The van der Waals surface area contributed by atoms with E-state index < -0.39 is 0 Å². The summed E-state index contributed by atoms with van der Waals surface area (Å²) >= 11 is 0. The van der Waals surface area contributed by atoms with Gasteiger partial charge in [-0.25, -0.2) is 14.2 Å². The molecule has 0 radical (unpaired) electrons. The van der Waals surface area contributed by atoms with E-state index in [1.165, 1.54) is 4.40 Å². The minimum Gasteiger partial charge on any atom is -0.497 e. The molecule has 0 N–H and O–H groups in total. The third-order valence-electron chi connectivity index (χ3n) is 7.00. The first-order chi connectivity index (χ1) is 18.2. The first kappa shape index (κ1) is 23.8. The fraction of sp³-hybridized carbons (Fsp3) is 0.462. The van der Waals surface area contributed by atoms with Crippen molar-refractivity contribution < 1.29 is 18.9 Å². The van der Waals surface area contributed by atoms with Crippen molar-refractivity contribution in [3.8, 4) is 5.75 Å². The summed E-state index contributed by atoms with van der Waals surface area (Å²) in [5.74, 6) is 1.23. The quantitative estimate of drug-likeness (QED) is 0.372. The Kier molecular flexibility index (Phi) is 6.73. The summed E-state index contributed by atoms with van der Waals surface area (Å²) in [6.45, 7) is 4.79. The standard InChI is InChI=1S/C26H30N6O5/c1-34-20-4-2-18(3-5-20)16-31-22-14-19(30-8-12-36-13-9-30)15-27-24(22)25-29-28-23(32(25)26(31)33)17-37-21-6-10-35-11-7-21/h2-5,14-15,21H,6-13,16-17H2,1H3. The topological polar surface area (TPSA) is 105 Å². The van der Waals surface area contributed by atoms with Gasteiger partial charge >= 0.3 is 5.69 Å². The lowest BCUT2D eigenvalue weighted by molar-refractivity contribution is -0.0411. The van der Waals surface area contributed by atoms with E-state index in [1.54, 1.807) is 11.7 Å². The van der Waals surface area contributed by atoms with Crippen molar-refractivity contribution in [2.45, 2.75) is 32.1 Å². The Morgan fingerprint density at radius 3 is 2.54 bits per heavy atom. The molecule has 2 fully saturated rings. The molecule has 0 amide bonds. The lowest BCUT2D eigenvalue weighted by Gasteiger charge is -2.28. The van der Waals surface area contributed by atoms with Crippen LogP contribution in [0, 0.1) is 0 Å². The van der Waals surface area contributed by atoms with Gasteiger partial charge in [0.1, 0.15) is 17.9 Å². The van der Waals surface area contributed by atoms with Crippen LogP contribution in [-0.2, 0) is 27.4 Å². The van der Waals surface area contributed by atoms with Gasteiger partial charge < -0.3 is 23.8 Å².